The maximum absolute atomic E-state index is 12.5. The Morgan fingerprint density at radius 2 is 1.91 bits per heavy atom. The highest BCUT2D eigenvalue weighted by molar-refractivity contribution is 5.99. The van der Waals surface area contributed by atoms with Crippen molar-refractivity contribution in [1.82, 2.24) is 4.90 Å². The molecule has 2 heteroatoms. The van der Waals surface area contributed by atoms with E-state index >= 15 is 0 Å². The summed E-state index contributed by atoms with van der Waals surface area (Å²) in [5, 5.41) is 0. The molecule has 1 aliphatic rings. The first kappa shape index (κ1) is 14.2. The zero-order valence-corrected chi connectivity index (χ0v) is 12.5. The Morgan fingerprint density at radius 1 is 1.18 bits per heavy atom. The standard InChI is InChI=1S/C20H17NO/c1-3-14-21-19(13-12-16-10-8-15(2)9-11-16)17-6-4-5-7-18(17)20(21)22/h3-11,19H,1,14H2,2H3. The zero-order chi connectivity index (χ0) is 15.5. The maximum Gasteiger partial charge on any atom is 0.255 e. The van der Waals surface area contributed by atoms with E-state index in [1.807, 2.05) is 48.5 Å². The normalized spacial score (nSPS) is 16.0. The summed E-state index contributed by atoms with van der Waals surface area (Å²) in [6, 6.07) is 15.6. The van der Waals surface area contributed by atoms with Crippen LogP contribution < -0.4 is 0 Å². The van der Waals surface area contributed by atoms with Crippen LogP contribution in [0.3, 0.4) is 0 Å². The van der Waals surface area contributed by atoms with E-state index in [9.17, 15) is 4.79 Å². The average Bonchev–Trinajstić information content (AvgIpc) is 2.80. The lowest BCUT2D eigenvalue weighted by Crippen LogP contribution is -2.27. The van der Waals surface area contributed by atoms with Gasteiger partial charge in [-0.3, -0.25) is 4.79 Å². The van der Waals surface area contributed by atoms with Gasteiger partial charge in [-0.25, -0.2) is 0 Å². The molecule has 0 aliphatic carbocycles. The largest absolute Gasteiger partial charge is 0.317 e. The topological polar surface area (TPSA) is 20.3 Å². The molecule has 0 N–H and O–H groups in total. The van der Waals surface area contributed by atoms with Gasteiger partial charge in [0.15, 0.2) is 0 Å². The van der Waals surface area contributed by atoms with Crippen molar-refractivity contribution < 1.29 is 4.79 Å². The molecule has 108 valence electrons. The van der Waals surface area contributed by atoms with Crippen LogP contribution in [0, 0.1) is 18.8 Å². The fourth-order valence-corrected chi connectivity index (χ4v) is 2.64. The molecular weight excluding hydrogens is 270 g/mol. The van der Waals surface area contributed by atoms with Crippen molar-refractivity contribution in [2.45, 2.75) is 13.0 Å². The Bertz CT molecular complexity index is 777. The van der Waals surface area contributed by atoms with Crippen LogP contribution in [-0.2, 0) is 0 Å². The average molecular weight is 287 g/mol. The molecule has 1 aliphatic heterocycles. The number of aryl methyl sites for hydroxylation is 1. The number of carbonyl (C=O) groups is 1. The van der Waals surface area contributed by atoms with E-state index in [-0.39, 0.29) is 11.9 Å². The second-order valence-corrected chi connectivity index (χ2v) is 5.37. The number of carbonyl (C=O) groups excluding carboxylic acids is 1. The minimum Gasteiger partial charge on any atom is -0.317 e. The Kier molecular flexibility index (Phi) is 3.80. The van der Waals surface area contributed by atoms with Crippen LogP contribution in [0.25, 0.3) is 0 Å². The van der Waals surface area contributed by atoms with Crippen molar-refractivity contribution in [1.29, 1.82) is 0 Å². The van der Waals surface area contributed by atoms with Crippen LogP contribution in [0.1, 0.15) is 33.1 Å². The summed E-state index contributed by atoms with van der Waals surface area (Å²) in [7, 11) is 0. The molecule has 0 aromatic heterocycles. The summed E-state index contributed by atoms with van der Waals surface area (Å²) in [5.74, 6) is 6.46. The van der Waals surface area contributed by atoms with Gasteiger partial charge in [0.2, 0.25) is 0 Å². The summed E-state index contributed by atoms with van der Waals surface area (Å²) in [5.41, 5.74) is 3.89. The smallest absolute Gasteiger partial charge is 0.255 e. The monoisotopic (exact) mass is 287 g/mol. The minimum atomic E-state index is -0.206. The number of benzene rings is 2. The lowest BCUT2D eigenvalue weighted by molar-refractivity contribution is 0.0778. The summed E-state index contributed by atoms with van der Waals surface area (Å²) in [6.07, 6.45) is 1.74. The van der Waals surface area contributed by atoms with Gasteiger partial charge in [0, 0.05) is 17.7 Å². The van der Waals surface area contributed by atoms with Crippen LogP contribution in [0.5, 0.6) is 0 Å². The quantitative estimate of drug-likeness (QED) is 0.609. The van der Waals surface area contributed by atoms with E-state index in [1.165, 1.54) is 5.56 Å². The molecule has 2 aromatic carbocycles. The summed E-state index contributed by atoms with van der Waals surface area (Å²) >= 11 is 0. The molecule has 1 unspecified atom stereocenters. The first-order chi connectivity index (χ1) is 10.7. The fourth-order valence-electron chi connectivity index (χ4n) is 2.64. The molecule has 1 amide bonds. The van der Waals surface area contributed by atoms with Gasteiger partial charge in [-0.15, -0.1) is 6.58 Å². The van der Waals surface area contributed by atoms with E-state index in [4.69, 9.17) is 0 Å². The number of amides is 1. The Hall–Kier alpha value is -2.79. The van der Waals surface area contributed by atoms with Crippen LogP contribution in [0.2, 0.25) is 0 Å². The van der Waals surface area contributed by atoms with Crippen LogP contribution in [0.4, 0.5) is 0 Å². The van der Waals surface area contributed by atoms with Gasteiger partial charge >= 0.3 is 0 Å². The predicted molar refractivity (Wildman–Crippen MR) is 88.5 cm³/mol. The molecule has 0 saturated carbocycles. The summed E-state index contributed by atoms with van der Waals surface area (Å²) in [4.78, 5) is 14.2. The highest BCUT2D eigenvalue weighted by Gasteiger charge is 2.34. The van der Waals surface area contributed by atoms with E-state index in [1.54, 1.807) is 11.0 Å². The first-order valence-corrected chi connectivity index (χ1v) is 7.29. The molecular formula is C20H17NO. The summed E-state index contributed by atoms with van der Waals surface area (Å²) in [6.45, 7) is 6.29. The Labute approximate surface area is 131 Å². The number of rotatable bonds is 2. The Balaban J connectivity index is 1.98. The van der Waals surface area contributed by atoms with E-state index in [2.05, 4.69) is 25.3 Å². The zero-order valence-electron chi connectivity index (χ0n) is 12.5. The number of hydrogen-bond donors (Lipinski definition) is 0. The molecule has 0 spiro atoms. The third-order valence-electron chi connectivity index (χ3n) is 3.79. The molecule has 2 nitrogen and oxygen atoms in total. The fraction of sp³-hybridized carbons (Fsp3) is 0.150. The molecule has 0 bridgehead atoms. The molecule has 0 radical (unpaired) electrons. The second kappa shape index (κ2) is 5.91. The number of hydrogen-bond acceptors (Lipinski definition) is 1. The first-order valence-electron chi connectivity index (χ1n) is 7.29. The van der Waals surface area contributed by atoms with Crippen LogP contribution >= 0.6 is 0 Å². The summed E-state index contributed by atoms with van der Waals surface area (Å²) < 4.78 is 0. The van der Waals surface area contributed by atoms with E-state index in [0.29, 0.717) is 6.54 Å². The third kappa shape index (κ3) is 2.54. The van der Waals surface area contributed by atoms with Crippen molar-refractivity contribution in [3.63, 3.8) is 0 Å². The molecule has 22 heavy (non-hydrogen) atoms. The van der Waals surface area contributed by atoms with Crippen molar-refractivity contribution in [3.05, 3.63) is 83.4 Å². The van der Waals surface area contributed by atoms with E-state index < -0.39 is 0 Å². The highest BCUT2D eigenvalue weighted by Crippen LogP contribution is 2.32. The molecule has 2 aromatic rings. The molecule has 0 fully saturated rings. The highest BCUT2D eigenvalue weighted by atomic mass is 16.2. The molecule has 0 saturated heterocycles. The van der Waals surface area contributed by atoms with Gasteiger partial charge in [-0.05, 0) is 30.7 Å². The predicted octanol–water partition coefficient (Wildman–Crippen LogP) is 3.73. The van der Waals surface area contributed by atoms with Gasteiger partial charge < -0.3 is 4.90 Å². The van der Waals surface area contributed by atoms with Crippen molar-refractivity contribution in [2.24, 2.45) is 0 Å². The lowest BCUT2D eigenvalue weighted by Gasteiger charge is -2.19. The molecule has 3 rings (SSSR count). The SMILES string of the molecule is C=CCN1C(=O)c2ccccc2C1C#Cc1ccc(C)cc1. The van der Waals surface area contributed by atoms with Crippen molar-refractivity contribution in [2.75, 3.05) is 6.54 Å². The van der Waals surface area contributed by atoms with Crippen LogP contribution in [-0.4, -0.2) is 17.4 Å². The number of fused-ring (bicyclic) bond motifs is 1. The van der Waals surface area contributed by atoms with Gasteiger partial charge in [0.25, 0.3) is 5.91 Å². The number of nitrogens with zero attached hydrogens (tertiary/aromatic N) is 1. The van der Waals surface area contributed by atoms with Gasteiger partial charge in [0.1, 0.15) is 6.04 Å². The third-order valence-corrected chi connectivity index (χ3v) is 3.79. The minimum absolute atomic E-state index is 0.0266. The van der Waals surface area contributed by atoms with Gasteiger partial charge in [-0.2, -0.15) is 0 Å². The maximum atomic E-state index is 12.5. The van der Waals surface area contributed by atoms with Gasteiger partial charge in [0.05, 0.1) is 0 Å². The van der Waals surface area contributed by atoms with Gasteiger partial charge in [-0.1, -0.05) is 53.8 Å². The van der Waals surface area contributed by atoms with Crippen molar-refractivity contribution >= 4 is 5.91 Å². The molecule has 1 atom stereocenters. The van der Waals surface area contributed by atoms with Crippen LogP contribution in [0.15, 0.2) is 61.2 Å². The Morgan fingerprint density at radius 3 is 2.64 bits per heavy atom. The lowest BCUT2D eigenvalue weighted by atomic mass is 10.0. The van der Waals surface area contributed by atoms with Crippen molar-refractivity contribution in [3.8, 4) is 11.8 Å². The van der Waals surface area contributed by atoms with E-state index in [0.717, 1.165) is 16.7 Å². The molecule has 1 heterocycles. The second-order valence-electron chi connectivity index (χ2n) is 5.37.